The molecule has 0 N–H and O–H groups in total. The maximum absolute atomic E-state index is 13.7. The van der Waals surface area contributed by atoms with Crippen molar-refractivity contribution < 1.29 is 13.9 Å². The molecule has 0 amide bonds. The normalized spacial score (nSPS) is 11.5. The van der Waals surface area contributed by atoms with Gasteiger partial charge in [-0.3, -0.25) is 4.79 Å². The molecule has 0 aliphatic heterocycles. The van der Waals surface area contributed by atoms with Crippen molar-refractivity contribution in [1.82, 2.24) is 9.66 Å². The van der Waals surface area contributed by atoms with Gasteiger partial charge in [0.25, 0.3) is 5.56 Å². The van der Waals surface area contributed by atoms with E-state index in [1.54, 1.807) is 31.5 Å². The van der Waals surface area contributed by atoms with E-state index in [0.717, 1.165) is 19.9 Å². The molecule has 0 saturated carbocycles. The Morgan fingerprint density at radius 3 is 2.58 bits per heavy atom. The van der Waals surface area contributed by atoms with E-state index >= 15 is 0 Å². The van der Waals surface area contributed by atoms with E-state index in [-0.39, 0.29) is 11.4 Å². The third kappa shape index (κ3) is 5.17. The van der Waals surface area contributed by atoms with E-state index in [4.69, 9.17) is 18.9 Å². The zero-order valence-electron chi connectivity index (χ0n) is 21.2. The molecule has 0 radical (unpaired) electrons. The van der Waals surface area contributed by atoms with Gasteiger partial charge in [-0.25, -0.2) is 4.98 Å². The summed E-state index contributed by atoms with van der Waals surface area (Å²) >= 11 is 6.95. The smallest absolute Gasteiger partial charge is 0.282 e. The van der Waals surface area contributed by atoms with Gasteiger partial charge in [-0.1, -0.05) is 62.2 Å². The Kier molecular flexibility index (Phi) is 7.23. The fraction of sp³-hybridized carbons (Fsp3) is 0.0645. The van der Waals surface area contributed by atoms with Gasteiger partial charge in [0.15, 0.2) is 17.3 Å². The number of nitrogens with zero attached hydrogens (tertiary/aromatic N) is 3. The first-order chi connectivity index (χ1) is 19.5. The van der Waals surface area contributed by atoms with E-state index in [2.05, 4.69) is 37.0 Å². The number of fused-ring (bicyclic) bond motifs is 2. The minimum absolute atomic E-state index is 0.285. The summed E-state index contributed by atoms with van der Waals surface area (Å²) in [6, 6.07) is 28.1. The maximum Gasteiger partial charge on any atom is 0.282 e. The molecular formula is C31H21Br2N3O4. The van der Waals surface area contributed by atoms with Crippen molar-refractivity contribution in [3.05, 3.63) is 121 Å². The summed E-state index contributed by atoms with van der Waals surface area (Å²) < 4.78 is 21.0. The largest absolute Gasteiger partial charge is 0.493 e. The van der Waals surface area contributed by atoms with Gasteiger partial charge in [0.05, 0.1) is 24.2 Å². The summed E-state index contributed by atoms with van der Waals surface area (Å²) in [7, 11) is 1.58. The molecule has 0 saturated heterocycles. The Morgan fingerprint density at radius 2 is 1.75 bits per heavy atom. The van der Waals surface area contributed by atoms with E-state index in [1.807, 2.05) is 72.8 Å². The molecule has 0 spiro atoms. The summed E-state index contributed by atoms with van der Waals surface area (Å²) in [5, 5.41) is 5.92. The fourth-order valence-electron chi connectivity index (χ4n) is 4.32. The molecule has 0 aliphatic carbocycles. The van der Waals surface area contributed by atoms with E-state index in [1.165, 1.54) is 4.68 Å². The predicted molar refractivity (Wildman–Crippen MR) is 163 cm³/mol. The molecule has 0 bridgehead atoms. The molecule has 40 heavy (non-hydrogen) atoms. The minimum Gasteiger partial charge on any atom is -0.493 e. The monoisotopic (exact) mass is 657 g/mol. The van der Waals surface area contributed by atoms with Crippen molar-refractivity contribution in [3.63, 3.8) is 0 Å². The lowest BCUT2D eigenvalue weighted by Crippen LogP contribution is -2.20. The number of rotatable bonds is 7. The average molecular weight is 659 g/mol. The van der Waals surface area contributed by atoms with Crippen LogP contribution in [0.15, 0.2) is 114 Å². The lowest BCUT2D eigenvalue weighted by Gasteiger charge is -2.13. The molecule has 0 unspecified atom stereocenters. The molecule has 6 aromatic rings. The number of aromatic nitrogens is 2. The lowest BCUT2D eigenvalue weighted by molar-refractivity contribution is 0.284. The van der Waals surface area contributed by atoms with Gasteiger partial charge in [-0.05, 0) is 66.2 Å². The summed E-state index contributed by atoms with van der Waals surface area (Å²) in [4.78, 5) is 18.4. The number of ether oxygens (including phenoxy) is 2. The van der Waals surface area contributed by atoms with E-state index in [9.17, 15) is 4.79 Å². The Morgan fingerprint density at radius 1 is 0.950 bits per heavy atom. The molecule has 7 nitrogen and oxygen atoms in total. The predicted octanol–water partition coefficient (Wildman–Crippen LogP) is 7.80. The van der Waals surface area contributed by atoms with Gasteiger partial charge in [0, 0.05) is 19.9 Å². The second-order valence-corrected chi connectivity index (χ2v) is 10.7. The molecular weight excluding hydrogens is 638 g/mol. The molecule has 0 aliphatic rings. The molecule has 0 atom stereocenters. The average Bonchev–Trinajstić information content (AvgIpc) is 3.39. The van der Waals surface area contributed by atoms with E-state index in [0.29, 0.717) is 45.9 Å². The van der Waals surface area contributed by atoms with Crippen LogP contribution in [0.1, 0.15) is 11.1 Å². The van der Waals surface area contributed by atoms with Crippen molar-refractivity contribution in [3.8, 4) is 23.1 Å². The van der Waals surface area contributed by atoms with Crippen molar-refractivity contribution in [2.45, 2.75) is 6.61 Å². The molecule has 2 heterocycles. The van der Waals surface area contributed by atoms with Crippen LogP contribution in [-0.4, -0.2) is 23.0 Å². The zero-order valence-corrected chi connectivity index (χ0v) is 24.3. The first kappa shape index (κ1) is 26.0. The molecule has 9 heteroatoms. The number of para-hydroxylation sites is 2. The highest BCUT2D eigenvalue weighted by atomic mass is 79.9. The van der Waals surface area contributed by atoms with Crippen LogP contribution in [0.3, 0.4) is 0 Å². The minimum atomic E-state index is -0.321. The standard InChI is InChI=1S/C31H21Br2N3O4/c1-38-27-8-4-5-20(29(27)39-18-19-9-11-22(32)12-10-19)17-34-36-30(35-25-7-3-2-6-24(25)31(36)37)28-16-21-15-23(33)13-14-26(21)40-28/h2-17H,18H2,1H3. The van der Waals surface area contributed by atoms with Gasteiger partial charge >= 0.3 is 0 Å². The maximum atomic E-state index is 13.7. The zero-order chi connectivity index (χ0) is 27.6. The summed E-state index contributed by atoms with van der Waals surface area (Å²) in [6.07, 6.45) is 1.57. The van der Waals surface area contributed by atoms with Crippen LogP contribution in [0.5, 0.6) is 11.5 Å². The highest BCUT2D eigenvalue weighted by Gasteiger charge is 2.17. The van der Waals surface area contributed by atoms with Crippen LogP contribution >= 0.6 is 31.9 Å². The number of methoxy groups -OCH3 is 1. The van der Waals surface area contributed by atoms with Crippen LogP contribution < -0.4 is 15.0 Å². The van der Waals surface area contributed by atoms with Gasteiger partial charge in [0.2, 0.25) is 5.82 Å². The van der Waals surface area contributed by atoms with Crippen molar-refractivity contribution in [2.75, 3.05) is 7.11 Å². The lowest BCUT2D eigenvalue weighted by atomic mass is 10.2. The van der Waals surface area contributed by atoms with Crippen LogP contribution in [0.25, 0.3) is 33.5 Å². The first-order valence-corrected chi connectivity index (χ1v) is 13.9. The van der Waals surface area contributed by atoms with Crippen LogP contribution in [-0.2, 0) is 6.61 Å². The van der Waals surface area contributed by atoms with Gasteiger partial charge in [0.1, 0.15) is 12.2 Å². The molecule has 2 aromatic heterocycles. The van der Waals surface area contributed by atoms with Crippen LogP contribution in [0, 0.1) is 0 Å². The number of benzene rings is 4. The highest BCUT2D eigenvalue weighted by Crippen LogP contribution is 2.32. The second kappa shape index (κ2) is 11.1. The number of hydrogen-bond donors (Lipinski definition) is 0. The molecule has 198 valence electrons. The SMILES string of the molecule is COc1cccc(C=Nn2c(-c3cc4cc(Br)ccc4o3)nc3ccccc3c2=O)c1OCc1ccc(Br)cc1. The Hall–Kier alpha value is -4.21. The van der Waals surface area contributed by atoms with Gasteiger partial charge in [-0.15, -0.1) is 0 Å². The third-order valence-corrected chi connectivity index (χ3v) is 7.31. The van der Waals surface area contributed by atoms with Crippen LogP contribution in [0.4, 0.5) is 0 Å². The van der Waals surface area contributed by atoms with Crippen molar-refractivity contribution in [1.29, 1.82) is 0 Å². The molecule has 0 fully saturated rings. The van der Waals surface area contributed by atoms with Gasteiger partial charge < -0.3 is 13.9 Å². The first-order valence-electron chi connectivity index (χ1n) is 12.3. The van der Waals surface area contributed by atoms with Crippen LogP contribution in [0.2, 0.25) is 0 Å². The summed E-state index contributed by atoms with van der Waals surface area (Å²) in [5.41, 5.74) is 2.53. The number of furan rings is 1. The Bertz CT molecular complexity index is 1950. The van der Waals surface area contributed by atoms with Crippen molar-refractivity contribution >= 4 is 59.9 Å². The molecule has 6 rings (SSSR count). The quantitative estimate of drug-likeness (QED) is 0.164. The Balaban J connectivity index is 1.45. The third-order valence-electron chi connectivity index (χ3n) is 6.29. The molecule has 4 aromatic carbocycles. The summed E-state index contributed by atoms with van der Waals surface area (Å²) in [6.45, 7) is 0.325. The number of halogens is 2. The fourth-order valence-corrected chi connectivity index (χ4v) is 4.96. The topological polar surface area (TPSA) is 78.9 Å². The van der Waals surface area contributed by atoms with E-state index < -0.39 is 0 Å². The van der Waals surface area contributed by atoms with Gasteiger partial charge in [-0.2, -0.15) is 9.78 Å². The highest BCUT2D eigenvalue weighted by molar-refractivity contribution is 9.10. The number of hydrogen-bond acceptors (Lipinski definition) is 6. The second-order valence-electron chi connectivity index (χ2n) is 8.90. The Labute approximate surface area is 245 Å². The summed E-state index contributed by atoms with van der Waals surface area (Å²) in [5.74, 6) is 1.76. The van der Waals surface area contributed by atoms with Crippen molar-refractivity contribution in [2.24, 2.45) is 5.10 Å².